The first kappa shape index (κ1) is 25.4. The number of hydrogen-bond donors (Lipinski definition) is 2. The number of rotatable bonds is 20. The quantitative estimate of drug-likeness (QED) is 0.163. The first-order valence-corrected chi connectivity index (χ1v) is 11.2. The Morgan fingerprint density at radius 1 is 0.808 bits per heavy atom. The van der Waals surface area contributed by atoms with Crippen molar-refractivity contribution in [3.05, 3.63) is 0 Å². The molecule has 0 aliphatic heterocycles. The van der Waals surface area contributed by atoms with Crippen LogP contribution in [0, 0.1) is 0 Å². The van der Waals surface area contributed by atoms with E-state index in [0.717, 1.165) is 12.8 Å². The summed E-state index contributed by atoms with van der Waals surface area (Å²) >= 11 is 0. The van der Waals surface area contributed by atoms with Crippen molar-refractivity contribution in [1.82, 2.24) is 5.32 Å². The molecule has 2 N–H and O–H groups in total. The highest BCUT2D eigenvalue weighted by Gasteiger charge is 2.02. The third-order valence-corrected chi connectivity index (χ3v) is 4.79. The lowest BCUT2D eigenvalue weighted by Gasteiger charge is -2.08. The molecule has 1 atom stereocenters. The molecular weight excluding hydrogens is 326 g/mol. The maximum Gasteiger partial charge on any atom is 0.305 e. The van der Waals surface area contributed by atoms with Crippen molar-refractivity contribution in [3.8, 4) is 0 Å². The predicted octanol–water partition coefficient (Wildman–Crippen LogP) is 5.72. The molecular formula is C22H45NO3. The van der Waals surface area contributed by atoms with Gasteiger partial charge in [-0.2, -0.15) is 0 Å². The van der Waals surface area contributed by atoms with E-state index in [1.54, 1.807) is 6.92 Å². The zero-order valence-electron chi connectivity index (χ0n) is 17.6. The molecule has 0 fully saturated rings. The van der Waals surface area contributed by atoms with Gasteiger partial charge in [0.25, 0.3) is 0 Å². The van der Waals surface area contributed by atoms with Crippen LogP contribution in [0.1, 0.15) is 117 Å². The Labute approximate surface area is 162 Å². The summed E-state index contributed by atoms with van der Waals surface area (Å²) in [6.45, 7) is 4.76. The van der Waals surface area contributed by atoms with Crippen LogP contribution in [0.2, 0.25) is 0 Å². The fourth-order valence-electron chi connectivity index (χ4n) is 3.15. The molecule has 4 nitrogen and oxygen atoms in total. The highest BCUT2D eigenvalue weighted by Crippen LogP contribution is 2.13. The number of esters is 1. The lowest BCUT2D eigenvalue weighted by molar-refractivity contribution is -0.143. The molecule has 0 rings (SSSR count). The summed E-state index contributed by atoms with van der Waals surface area (Å²) in [6.07, 6.45) is 19.9. The molecule has 0 heterocycles. The first-order valence-electron chi connectivity index (χ1n) is 11.2. The van der Waals surface area contributed by atoms with Crippen LogP contribution >= 0.6 is 0 Å². The summed E-state index contributed by atoms with van der Waals surface area (Å²) in [6, 6.07) is 0. The largest absolute Gasteiger partial charge is 0.464 e. The number of unbranched alkanes of at least 4 members (excludes halogenated alkanes) is 14. The number of ether oxygens (including phenoxy) is 1. The van der Waals surface area contributed by atoms with Gasteiger partial charge in [-0.05, 0) is 13.3 Å². The Morgan fingerprint density at radius 3 is 1.65 bits per heavy atom. The van der Waals surface area contributed by atoms with Crippen LogP contribution in [-0.4, -0.2) is 30.5 Å². The normalized spacial score (nSPS) is 12.3. The molecule has 0 spiro atoms. The van der Waals surface area contributed by atoms with E-state index in [4.69, 9.17) is 9.84 Å². The Bertz CT molecular complexity index is 295. The zero-order valence-corrected chi connectivity index (χ0v) is 17.6. The van der Waals surface area contributed by atoms with Gasteiger partial charge in [0.2, 0.25) is 0 Å². The summed E-state index contributed by atoms with van der Waals surface area (Å²) in [7, 11) is 0. The molecule has 0 aromatic carbocycles. The van der Waals surface area contributed by atoms with E-state index < -0.39 is 6.23 Å². The van der Waals surface area contributed by atoms with Gasteiger partial charge in [0.1, 0.15) is 12.8 Å². The van der Waals surface area contributed by atoms with Gasteiger partial charge in [-0.3, -0.25) is 10.1 Å². The number of nitrogens with one attached hydrogen (secondary N) is 1. The fraction of sp³-hybridized carbons (Fsp3) is 0.955. The molecule has 0 aromatic rings. The minimum atomic E-state index is -0.552. The Kier molecular flexibility index (Phi) is 20.2. The van der Waals surface area contributed by atoms with Gasteiger partial charge in [0, 0.05) is 13.0 Å². The van der Waals surface area contributed by atoms with E-state index in [0.29, 0.717) is 19.6 Å². The van der Waals surface area contributed by atoms with Gasteiger partial charge >= 0.3 is 5.97 Å². The van der Waals surface area contributed by atoms with Crippen molar-refractivity contribution in [1.29, 1.82) is 0 Å². The standard InChI is InChI=1S/C22H45NO3/c1-3-4-5-6-7-8-9-10-11-12-13-14-15-16-17-18-22(25)26-20-19-23-21(2)24/h21,23-24H,3-20H2,1-2H3. The average molecular weight is 372 g/mol. The van der Waals surface area contributed by atoms with Crippen molar-refractivity contribution >= 4 is 5.97 Å². The zero-order chi connectivity index (χ0) is 19.3. The number of hydrogen-bond acceptors (Lipinski definition) is 4. The van der Waals surface area contributed by atoms with Gasteiger partial charge in [-0.15, -0.1) is 0 Å². The first-order chi connectivity index (χ1) is 12.7. The minimum absolute atomic E-state index is 0.118. The Morgan fingerprint density at radius 2 is 1.23 bits per heavy atom. The van der Waals surface area contributed by atoms with E-state index in [1.165, 1.54) is 83.5 Å². The van der Waals surface area contributed by atoms with Gasteiger partial charge in [-0.25, -0.2) is 0 Å². The molecule has 0 amide bonds. The molecule has 26 heavy (non-hydrogen) atoms. The number of aliphatic hydroxyl groups excluding tert-OH is 1. The number of carbonyl (C=O) groups excluding carboxylic acids is 1. The summed E-state index contributed by atoms with van der Waals surface area (Å²) in [5.74, 6) is -0.118. The molecule has 0 radical (unpaired) electrons. The summed E-state index contributed by atoms with van der Waals surface area (Å²) < 4.78 is 5.10. The van der Waals surface area contributed by atoms with Crippen molar-refractivity contribution in [3.63, 3.8) is 0 Å². The molecule has 0 aliphatic rings. The third-order valence-electron chi connectivity index (χ3n) is 4.79. The molecule has 0 saturated heterocycles. The Hall–Kier alpha value is -0.610. The van der Waals surface area contributed by atoms with Gasteiger partial charge in [-0.1, -0.05) is 96.8 Å². The van der Waals surface area contributed by atoms with Crippen LogP contribution in [0.3, 0.4) is 0 Å². The van der Waals surface area contributed by atoms with Crippen LogP contribution in [0.4, 0.5) is 0 Å². The highest BCUT2D eigenvalue weighted by atomic mass is 16.5. The van der Waals surface area contributed by atoms with Gasteiger partial charge in [0.15, 0.2) is 0 Å². The molecule has 156 valence electrons. The van der Waals surface area contributed by atoms with Crippen molar-refractivity contribution in [2.75, 3.05) is 13.2 Å². The number of carbonyl (C=O) groups is 1. The monoisotopic (exact) mass is 371 g/mol. The van der Waals surface area contributed by atoms with E-state index in [1.807, 2.05) is 0 Å². The van der Waals surface area contributed by atoms with Crippen molar-refractivity contribution in [2.45, 2.75) is 123 Å². The molecule has 1 unspecified atom stereocenters. The molecule has 0 aromatic heterocycles. The van der Waals surface area contributed by atoms with Gasteiger partial charge in [0.05, 0.1) is 0 Å². The van der Waals surface area contributed by atoms with Crippen LogP contribution in [0.25, 0.3) is 0 Å². The minimum Gasteiger partial charge on any atom is -0.464 e. The topological polar surface area (TPSA) is 58.6 Å². The molecule has 0 saturated carbocycles. The maximum absolute atomic E-state index is 11.5. The molecule has 0 aliphatic carbocycles. The maximum atomic E-state index is 11.5. The number of aliphatic hydroxyl groups is 1. The third kappa shape index (κ3) is 21.4. The molecule has 4 heteroatoms. The van der Waals surface area contributed by atoms with Crippen molar-refractivity contribution < 1.29 is 14.6 Å². The van der Waals surface area contributed by atoms with Crippen LogP contribution in [-0.2, 0) is 9.53 Å². The Balaban J connectivity index is 3.11. The van der Waals surface area contributed by atoms with E-state index in [-0.39, 0.29) is 5.97 Å². The highest BCUT2D eigenvalue weighted by molar-refractivity contribution is 5.69. The summed E-state index contributed by atoms with van der Waals surface area (Å²) in [4.78, 5) is 11.5. The summed E-state index contributed by atoms with van der Waals surface area (Å²) in [5, 5.41) is 11.8. The second kappa shape index (κ2) is 20.7. The second-order valence-corrected chi connectivity index (χ2v) is 7.55. The molecule has 0 bridgehead atoms. The van der Waals surface area contributed by atoms with E-state index in [9.17, 15) is 4.79 Å². The van der Waals surface area contributed by atoms with E-state index >= 15 is 0 Å². The van der Waals surface area contributed by atoms with Crippen LogP contribution in [0.15, 0.2) is 0 Å². The predicted molar refractivity (Wildman–Crippen MR) is 110 cm³/mol. The average Bonchev–Trinajstić information content (AvgIpc) is 2.62. The summed E-state index contributed by atoms with van der Waals surface area (Å²) in [5.41, 5.74) is 0. The van der Waals surface area contributed by atoms with Gasteiger partial charge < -0.3 is 9.84 Å². The lowest BCUT2D eigenvalue weighted by atomic mass is 10.0. The smallest absolute Gasteiger partial charge is 0.305 e. The van der Waals surface area contributed by atoms with Crippen LogP contribution in [0.5, 0.6) is 0 Å². The SMILES string of the molecule is CCCCCCCCCCCCCCCCCC(=O)OCCNC(C)O. The fourth-order valence-corrected chi connectivity index (χ4v) is 3.15. The van der Waals surface area contributed by atoms with Crippen molar-refractivity contribution in [2.24, 2.45) is 0 Å². The van der Waals surface area contributed by atoms with Crippen LogP contribution < -0.4 is 5.32 Å². The van der Waals surface area contributed by atoms with E-state index in [2.05, 4.69) is 12.2 Å². The lowest BCUT2D eigenvalue weighted by Crippen LogP contribution is -2.29. The second-order valence-electron chi connectivity index (χ2n) is 7.55.